The number of nitrogens with one attached hydrogen (secondary N) is 1. The first-order valence-electron chi connectivity index (χ1n) is 7.37. The second-order valence-corrected chi connectivity index (χ2v) is 8.31. The second-order valence-electron chi connectivity index (χ2n) is 5.45. The van der Waals surface area contributed by atoms with Crippen molar-refractivity contribution in [3.8, 4) is 0 Å². The predicted octanol–water partition coefficient (Wildman–Crippen LogP) is 2.05. The maximum atomic E-state index is 12.9. The molecule has 2 unspecified atom stereocenters. The highest BCUT2D eigenvalue weighted by molar-refractivity contribution is 7.89. The van der Waals surface area contributed by atoms with Crippen LogP contribution in [-0.2, 0) is 21.3 Å². The van der Waals surface area contributed by atoms with Gasteiger partial charge < -0.3 is 10.1 Å². The van der Waals surface area contributed by atoms with Crippen LogP contribution in [0.1, 0.15) is 32.1 Å². The van der Waals surface area contributed by atoms with Gasteiger partial charge in [0.2, 0.25) is 10.0 Å². The highest BCUT2D eigenvalue weighted by Gasteiger charge is 2.35. The molecular weight excluding hydrogens is 308 g/mol. The first-order chi connectivity index (χ1) is 9.96. The normalized spacial score (nSPS) is 24.3. The summed E-state index contributed by atoms with van der Waals surface area (Å²) in [6.45, 7) is 8.26. The minimum absolute atomic E-state index is 0.0590. The van der Waals surface area contributed by atoms with E-state index in [1.54, 1.807) is 10.4 Å². The molecule has 0 bridgehead atoms. The molecule has 2 atom stereocenters. The fourth-order valence-electron chi connectivity index (χ4n) is 2.40. The van der Waals surface area contributed by atoms with Gasteiger partial charge in [0, 0.05) is 24.0 Å². The van der Waals surface area contributed by atoms with E-state index in [0.717, 1.165) is 17.8 Å². The Kier molecular flexibility index (Phi) is 5.79. The van der Waals surface area contributed by atoms with E-state index in [0.29, 0.717) is 24.6 Å². The average Bonchev–Trinajstić information content (AvgIpc) is 2.91. The van der Waals surface area contributed by atoms with Gasteiger partial charge in [-0.15, -0.1) is 11.3 Å². The summed E-state index contributed by atoms with van der Waals surface area (Å²) in [5.41, 5.74) is 0. The molecule has 0 aromatic carbocycles. The van der Waals surface area contributed by atoms with Gasteiger partial charge in [0.1, 0.15) is 0 Å². The van der Waals surface area contributed by atoms with E-state index in [1.165, 1.54) is 11.3 Å². The van der Waals surface area contributed by atoms with Crippen molar-refractivity contribution < 1.29 is 13.2 Å². The first-order valence-corrected chi connectivity index (χ1v) is 9.69. The van der Waals surface area contributed by atoms with Gasteiger partial charge in [-0.05, 0) is 38.3 Å². The molecule has 0 amide bonds. The number of rotatable bonds is 6. The summed E-state index contributed by atoms with van der Waals surface area (Å²) in [7, 11) is -3.44. The second kappa shape index (κ2) is 7.19. The summed E-state index contributed by atoms with van der Waals surface area (Å²) < 4.78 is 32.9. The number of morpholine rings is 1. The van der Waals surface area contributed by atoms with Crippen LogP contribution in [-0.4, -0.2) is 44.6 Å². The molecule has 21 heavy (non-hydrogen) atoms. The van der Waals surface area contributed by atoms with Crippen molar-refractivity contribution in [3.63, 3.8) is 0 Å². The summed E-state index contributed by atoms with van der Waals surface area (Å²) in [5, 5.41) is 5.13. The molecule has 1 aliphatic heterocycles. The van der Waals surface area contributed by atoms with Gasteiger partial charge in [-0.1, -0.05) is 6.92 Å². The average molecular weight is 332 g/mol. The first kappa shape index (κ1) is 16.9. The molecule has 1 fully saturated rings. The van der Waals surface area contributed by atoms with Crippen molar-refractivity contribution in [2.75, 3.05) is 19.7 Å². The van der Waals surface area contributed by atoms with E-state index >= 15 is 0 Å². The third-order valence-electron chi connectivity index (χ3n) is 3.55. The Hall–Kier alpha value is -0.470. The van der Waals surface area contributed by atoms with E-state index in [4.69, 9.17) is 4.74 Å². The zero-order valence-corrected chi connectivity index (χ0v) is 14.5. The third kappa shape index (κ3) is 3.84. The Morgan fingerprint density at radius 1 is 1.48 bits per heavy atom. The van der Waals surface area contributed by atoms with E-state index in [-0.39, 0.29) is 12.1 Å². The Morgan fingerprint density at radius 3 is 2.95 bits per heavy atom. The van der Waals surface area contributed by atoms with Crippen molar-refractivity contribution >= 4 is 21.4 Å². The molecule has 1 saturated heterocycles. The SMILES string of the molecule is CCCNCc1sccc1S(=O)(=O)N1CC(C)OCC1C. The lowest BCUT2D eigenvalue weighted by Gasteiger charge is -2.35. The summed E-state index contributed by atoms with van der Waals surface area (Å²) in [4.78, 5) is 1.33. The van der Waals surface area contributed by atoms with E-state index < -0.39 is 10.0 Å². The summed E-state index contributed by atoms with van der Waals surface area (Å²) >= 11 is 1.49. The minimum Gasteiger partial charge on any atom is -0.375 e. The fraction of sp³-hybridized carbons (Fsp3) is 0.714. The largest absolute Gasteiger partial charge is 0.375 e. The monoisotopic (exact) mass is 332 g/mol. The van der Waals surface area contributed by atoms with Crippen molar-refractivity contribution in [2.45, 2.75) is 50.8 Å². The van der Waals surface area contributed by atoms with Crippen LogP contribution in [0.3, 0.4) is 0 Å². The van der Waals surface area contributed by atoms with Crippen LogP contribution in [0.2, 0.25) is 0 Å². The van der Waals surface area contributed by atoms with Crippen LogP contribution < -0.4 is 5.32 Å². The summed E-state index contributed by atoms with van der Waals surface area (Å²) in [6, 6.07) is 1.60. The minimum atomic E-state index is -3.44. The Morgan fingerprint density at radius 2 is 2.24 bits per heavy atom. The van der Waals surface area contributed by atoms with Gasteiger partial charge in [0.05, 0.1) is 17.6 Å². The smallest absolute Gasteiger partial charge is 0.244 e. The molecule has 1 aliphatic rings. The van der Waals surface area contributed by atoms with E-state index in [2.05, 4.69) is 12.2 Å². The summed E-state index contributed by atoms with van der Waals surface area (Å²) in [6.07, 6.45) is 0.974. The van der Waals surface area contributed by atoms with Gasteiger partial charge in [0.15, 0.2) is 0 Å². The van der Waals surface area contributed by atoms with Crippen molar-refractivity contribution in [1.82, 2.24) is 9.62 Å². The Balaban J connectivity index is 2.21. The number of nitrogens with zero attached hydrogens (tertiary/aromatic N) is 1. The molecule has 1 N–H and O–H groups in total. The molecule has 5 nitrogen and oxygen atoms in total. The van der Waals surface area contributed by atoms with Gasteiger partial charge in [-0.25, -0.2) is 8.42 Å². The number of ether oxygens (including phenoxy) is 1. The number of hydrogen-bond acceptors (Lipinski definition) is 5. The quantitative estimate of drug-likeness (QED) is 0.810. The van der Waals surface area contributed by atoms with Crippen molar-refractivity contribution in [2.24, 2.45) is 0 Å². The Bertz CT molecular complexity index is 556. The molecule has 0 radical (unpaired) electrons. The lowest BCUT2D eigenvalue weighted by Crippen LogP contribution is -2.50. The molecule has 0 aliphatic carbocycles. The zero-order chi connectivity index (χ0) is 15.5. The van der Waals surface area contributed by atoms with Crippen molar-refractivity contribution in [3.05, 3.63) is 16.3 Å². The van der Waals surface area contributed by atoms with Gasteiger partial charge in [0.25, 0.3) is 0 Å². The van der Waals surface area contributed by atoms with Crippen LogP contribution in [0.5, 0.6) is 0 Å². The number of sulfonamides is 1. The predicted molar refractivity (Wildman–Crippen MR) is 85.1 cm³/mol. The van der Waals surface area contributed by atoms with Crippen LogP contribution in [0, 0.1) is 0 Å². The number of thiophene rings is 1. The van der Waals surface area contributed by atoms with E-state index in [1.807, 2.05) is 19.2 Å². The standard InChI is InChI=1S/C14H24N2O3S2/c1-4-6-15-8-13-14(5-7-20-13)21(17,18)16-9-12(3)19-10-11(16)2/h5,7,11-12,15H,4,6,8-10H2,1-3H3. The maximum Gasteiger partial charge on any atom is 0.244 e. The topological polar surface area (TPSA) is 58.6 Å². The van der Waals surface area contributed by atoms with Crippen molar-refractivity contribution in [1.29, 1.82) is 0 Å². The molecule has 7 heteroatoms. The van der Waals surface area contributed by atoms with Gasteiger partial charge >= 0.3 is 0 Å². The van der Waals surface area contributed by atoms with Crippen LogP contribution in [0.25, 0.3) is 0 Å². The van der Waals surface area contributed by atoms with Gasteiger partial charge in [-0.3, -0.25) is 0 Å². The molecule has 0 saturated carbocycles. The fourth-order valence-corrected chi connectivity index (χ4v) is 5.48. The molecule has 0 spiro atoms. The van der Waals surface area contributed by atoms with Crippen LogP contribution in [0.4, 0.5) is 0 Å². The highest BCUT2D eigenvalue weighted by atomic mass is 32.2. The summed E-state index contributed by atoms with van der Waals surface area (Å²) in [5.74, 6) is 0. The number of hydrogen-bond donors (Lipinski definition) is 1. The lowest BCUT2D eigenvalue weighted by molar-refractivity contribution is -0.0170. The maximum absolute atomic E-state index is 12.9. The highest BCUT2D eigenvalue weighted by Crippen LogP contribution is 2.28. The molecule has 1 aromatic rings. The molecule has 2 heterocycles. The Labute approximate surface area is 131 Å². The van der Waals surface area contributed by atoms with Gasteiger partial charge in [-0.2, -0.15) is 4.31 Å². The van der Waals surface area contributed by atoms with Crippen LogP contribution >= 0.6 is 11.3 Å². The molecule has 120 valence electrons. The molecule has 1 aromatic heterocycles. The molecule has 2 rings (SSSR count). The molecular formula is C14H24N2O3S2. The van der Waals surface area contributed by atoms with E-state index in [9.17, 15) is 8.42 Å². The zero-order valence-electron chi connectivity index (χ0n) is 12.8. The lowest BCUT2D eigenvalue weighted by atomic mass is 10.2. The third-order valence-corrected chi connectivity index (χ3v) is 6.67. The van der Waals surface area contributed by atoms with Crippen LogP contribution in [0.15, 0.2) is 16.3 Å².